The minimum atomic E-state index is -0.241. The number of carbonyl (C=O) groups excluding carboxylic acids is 1. The topological polar surface area (TPSA) is 91.7 Å². The first-order chi connectivity index (χ1) is 15.9. The number of hydrogen-bond donors (Lipinski definition) is 2. The number of rotatable bonds is 6. The average Bonchev–Trinajstić information content (AvgIpc) is 3.55. The molecule has 5 rings (SSSR count). The summed E-state index contributed by atoms with van der Waals surface area (Å²) in [6.07, 6.45) is 3.70. The molecule has 174 valence electrons. The molecule has 1 aliphatic carbocycles. The first-order valence-electron chi connectivity index (χ1n) is 11.4. The SMILES string of the molecule is Cc1cc(-c2cn3nc(C(=O)NC(C)CN4CCOCC4)c(C4CC4)c3c(=O)[nH]2)ccc1Cl. The van der Waals surface area contributed by atoms with Crippen molar-refractivity contribution in [3.8, 4) is 11.3 Å². The molecule has 2 fully saturated rings. The number of hydrogen-bond acceptors (Lipinski definition) is 5. The third-order valence-electron chi connectivity index (χ3n) is 6.34. The van der Waals surface area contributed by atoms with Gasteiger partial charge in [0.25, 0.3) is 11.5 Å². The second-order valence-corrected chi connectivity index (χ2v) is 9.49. The second kappa shape index (κ2) is 8.93. The van der Waals surface area contributed by atoms with E-state index in [0.29, 0.717) is 21.9 Å². The Labute approximate surface area is 196 Å². The number of carbonyl (C=O) groups is 1. The van der Waals surface area contributed by atoms with Crippen LogP contribution in [0.2, 0.25) is 5.02 Å². The van der Waals surface area contributed by atoms with E-state index in [1.54, 1.807) is 10.7 Å². The van der Waals surface area contributed by atoms with E-state index in [-0.39, 0.29) is 23.4 Å². The molecule has 1 atom stereocenters. The van der Waals surface area contributed by atoms with E-state index in [2.05, 4.69) is 20.3 Å². The van der Waals surface area contributed by atoms with Gasteiger partial charge < -0.3 is 15.0 Å². The Morgan fingerprint density at radius 2 is 2.09 bits per heavy atom. The number of nitrogens with one attached hydrogen (secondary N) is 2. The Bertz CT molecular complexity index is 1260. The largest absolute Gasteiger partial charge is 0.379 e. The zero-order chi connectivity index (χ0) is 23.1. The van der Waals surface area contributed by atoms with Gasteiger partial charge in [0.2, 0.25) is 0 Å². The summed E-state index contributed by atoms with van der Waals surface area (Å²) in [5.74, 6) is -0.0350. The second-order valence-electron chi connectivity index (χ2n) is 9.08. The van der Waals surface area contributed by atoms with Gasteiger partial charge >= 0.3 is 0 Å². The van der Waals surface area contributed by atoms with Gasteiger partial charge in [0.1, 0.15) is 5.52 Å². The predicted molar refractivity (Wildman–Crippen MR) is 127 cm³/mol. The summed E-state index contributed by atoms with van der Waals surface area (Å²) in [5, 5.41) is 8.34. The Kier molecular flexibility index (Phi) is 5.99. The van der Waals surface area contributed by atoms with Crippen LogP contribution < -0.4 is 10.9 Å². The molecule has 1 saturated carbocycles. The summed E-state index contributed by atoms with van der Waals surface area (Å²) >= 11 is 6.15. The molecule has 1 aliphatic heterocycles. The zero-order valence-corrected chi connectivity index (χ0v) is 19.6. The minimum Gasteiger partial charge on any atom is -0.379 e. The molecule has 0 radical (unpaired) electrons. The average molecular weight is 470 g/mol. The predicted octanol–water partition coefficient (Wildman–Crippen LogP) is 2.98. The molecule has 9 heteroatoms. The number of nitrogens with zero attached hydrogens (tertiary/aromatic N) is 3. The number of aromatic nitrogens is 3. The van der Waals surface area contributed by atoms with E-state index >= 15 is 0 Å². The van der Waals surface area contributed by atoms with E-state index < -0.39 is 0 Å². The highest BCUT2D eigenvalue weighted by Crippen LogP contribution is 2.43. The molecular formula is C24H28ClN5O3. The van der Waals surface area contributed by atoms with Crippen molar-refractivity contribution in [2.75, 3.05) is 32.8 Å². The summed E-state index contributed by atoms with van der Waals surface area (Å²) in [7, 11) is 0. The third-order valence-corrected chi connectivity index (χ3v) is 6.77. The van der Waals surface area contributed by atoms with Crippen LogP contribution in [0.1, 0.15) is 47.3 Å². The van der Waals surface area contributed by atoms with Gasteiger partial charge in [-0.1, -0.05) is 17.7 Å². The number of aryl methyl sites for hydroxylation is 1. The molecule has 2 aliphatic rings. The highest BCUT2D eigenvalue weighted by atomic mass is 35.5. The first kappa shape index (κ1) is 22.1. The number of halogens is 1. The van der Waals surface area contributed by atoms with Crippen LogP contribution in [0.15, 0.2) is 29.2 Å². The van der Waals surface area contributed by atoms with Crippen LogP contribution in [0.25, 0.3) is 16.8 Å². The number of benzene rings is 1. The monoisotopic (exact) mass is 469 g/mol. The number of morpholine rings is 1. The summed E-state index contributed by atoms with van der Waals surface area (Å²) in [5.41, 5.74) is 3.71. The van der Waals surface area contributed by atoms with Crippen molar-refractivity contribution in [2.24, 2.45) is 0 Å². The number of fused-ring (bicyclic) bond motifs is 1. The maximum absolute atomic E-state index is 13.2. The van der Waals surface area contributed by atoms with Gasteiger partial charge in [0, 0.05) is 36.3 Å². The van der Waals surface area contributed by atoms with Crippen LogP contribution in [0.4, 0.5) is 0 Å². The maximum atomic E-state index is 13.2. The van der Waals surface area contributed by atoms with Crippen molar-refractivity contribution >= 4 is 23.0 Å². The van der Waals surface area contributed by atoms with Crippen LogP contribution in [0.3, 0.4) is 0 Å². The van der Waals surface area contributed by atoms with Crippen LogP contribution in [0.5, 0.6) is 0 Å². The first-order valence-corrected chi connectivity index (χ1v) is 11.8. The van der Waals surface area contributed by atoms with Gasteiger partial charge in [0.15, 0.2) is 5.69 Å². The molecule has 2 aromatic heterocycles. The van der Waals surface area contributed by atoms with Crippen LogP contribution in [-0.4, -0.2) is 64.3 Å². The van der Waals surface area contributed by atoms with Crippen molar-refractivity contribution in [3.05, 3.63) is 56.6 Å². The van der Waals surface area contributed by atoms with E-state index in [0.717, 1.165) is 62.4 Å². The van der Waals surface area contributed by atoms with E-state index in [1.807, 2.05) is 32.0 Å². The molecule has 2 N–H and O–H groups in total. The van der Waals surface area contributed by atoms with E-state index in [1.165, 1.54) is 0 Å². The number of ether oxygens (including phenoxy) is 1. The normalized spacial score (nSPS) is 17.9. The summed E-state index contributed by atoms with van der Waals surface area (Å²) < 4.78 is 6.96. The highest BCUT2D eigenvalue weighted by Gasteiger charge is 2.34. The van der Waals surface area contributed by atoms with Crippen LogP contribution >= 0.6 is 11.6 Å². The van der Waals surface area contributed by atoms with Gasteiger partial charge in [-0.25, -0.2) is 4.52 Å². The highest BCUT2D eigenvalue weighted by molar-refractivity contribution is 6.31. The lowest BCUT2D eigenvalue weighted by atomic mass is 10.1. The van der Waals surface area contributed by atoms with E-state index in [9.17, 15) is 9.59 Å². The number of aromatic amines is 1. The number of amides is 1. The fraction of sp³-hybridized carbons (Fsp3) is 0.458. The number of H-pyrrole nitrogens is 1. The van der Waals surface area contributed by atoms with Gasteiger partial charge in [-0.05, 0) is 55.9 Å². The molecule has 1 unspecified atom stereocenters. The van der Waals surface area contributed by atoms with Crippen molar-refractivity contribution in [2.45, 2.75) is 38.6 Å². The van der Waals surface area contributed by atoms with Crippen molar-refractivity contribution in [1.82, 2.24) is 24.8 Å². The smallest absolute Gasteiger partial charge is 0.274 e. The summed E-state index contributed by atoms with van der Waals surface area (Å²) in [6.45, 7) is 7.83. The fourth-order valence-corrected chi connectivity index (χ4v) is 4.61. The van der Waals surface area contributed by atoms with E-state index in [4.69, 9.17) is 16.3 Å². The van der Waals surface area contributed by atoms with Crippen molar-refractivity contribution < 1.29 is 9.53 Å². The molecule has 1 saturated heterocycles. The molecule has 3 aromatic rings. The van der Waals surface area contributed by atoms with Crippen molar-refractivity contribution in [1.29, 1.82) is 0 Å². The van der Waals surface area contributed by atoms with Gasteiger partial charge in [-0.3, -0.25) is 14.5 Å². The molecule has 33 heavy (non-hydrogen) atoms. The Morgan fingerprint density at radius 1 is 1.33 bits per heavy atom. The lowest BCUT2D eigenvalue weighted by Gasteiger charge is -2.29. The summed E-state index contributed by atoms with van der Waals surface area (Å²) in [6, 6.07) is 5.55. The molecule has 0 bridgehead atoms. The van der Waals surface area contributed by atoms with Gasteiger partial charge in [-0.2, -0.15) is 5.10 Å². The zero-order valence-electron chi connectivity index (χ0n) is 18.9. The summed E-state index contributed by atoms with van der Waals surface area (Å²) in [4.78, 5) is 31.6. The van der Waals surface area contributed by atoms with Crippen LogP contribution in [0, 0.1) is 6.92 Å². The quantitative estimate of drug-likeness (QED) is 0.579. The maximum Gasteiger partial charge on any atom is 0.274 e. The molecular weight excluding hydrogens is 442 g/mol. The standard InChI is InChI=1S/C24H28ClN5O3/c1-14-11-17(5-6-18(14)25)19-13-30-22(24(32)27-19)20(16-3-4-16)21(28-30)23(31)26-15(2)12-29-7-9-33-10-8-29/h5-6,11,13,15-16H,3-4,7-10,12H2,1-2H3,(H,26,31)(H,27,32). The van der Waals surface area contributed by atoms with Crippen LogP contribution in [-0.2, 0) is 4.74 Å². The third kappa shape index (κ3) is 4.55. The molecule has 0 spiro atoms. The molecule has 1 amide bonds. The Morgan fingerprint density at radius 3 is 2.79 bits per heavy atom. The Balaban J connectivity index is 1.46. The lowest BCUT2D eigenvalue weighted by molar-refractivity contribution is 0.0342. The molecule has 3 heterocycles. The molecule has 1 aromatic carbocycles. The van der Waals surface area contributed by atoms with Gasteiger partial charge in [0.05, 0.1) is 25.1 Å². The Hall–Kier alpha value is -2.68. The van der Waals surface area contributed by atoms with Crippen molar-refractivity contribution in [3.63, 3.8) is 0 Å². The minimum absolute atomic E-state index is 0.0432. The van der Waals surface area contributed by atoms with Gasteiger partial charge in [-0.15, -0.1) is 0 Å². The molecule has 8 nitrogen and oxygen atoms in total. The lowest BCUT2D eigenvalue weighted by Crippen LogP contribution is -2.46. The fourth-order valence-electron chi connectivity index (χ4n) is 4.50.